The zero-order valence-electron chi connectivity index (χ0n) is 16.6. The molecule has 0 spiro atoms. The molecule has 27 heavy (non-hydrogen) atoms. The Morgan fingerprint density at radius 1 is 1.26 bits per heavy atom. The van der Waals surface area contributed by atoms with Crippen molar-refractivity contribution in [2.75, 3.05) is 0 Å². The van der Waals surface area contributed by atoms with Crippen molar-refractivity contribution in [2.45, 2.75) is 70.8 Å². The minimum atomic E-state index is -0.847. The van der Waals surface area contributed by atoms with Gasteiger partial charge >= 0.3 is 7.48 Å². The van der Waals surface area contributed by atoms with Crippen LogP contribution in [0.5, 0.6) is 0 Å². The van der Waals surface area contributed by atoms with E-state index in [1.165, 1.54) is 17.7 Å². The molecule has 1 heterocycles. The van der Waals surface area contributed by atoms with Crippen LogP contribution in [0.15, 0.2) is 34.0 Å². The Morgan fingerprint density at radius 2 is 1.74 bits per heavy atom. The lowest BCUT2D eigenvalue weighted by molar-refractivity contribution is -0.104. The van der Waals surface area contributed by atoms with Crippen LogP contribution in [0.25, 0.3) is 0 Å². The molecule has 1 aliphatic rings. The Balaban J connectivity index is 0.000000713. The summed E-state index contributed by atoms with van der Waals surface area (Å²) in [6.07, 6.45) is 7.31. The second-order valence-corrected chi connectivity index (χ2v) is 8.10. The third kappa shape index (κ3) is 10.8. The quantitative estimate of drug-likeness (QED) is 0.349. The van der Waals surface area contributed by atoms with Crippen molar-refractivity contribution in [3.05, 3.63) is 34.0 Å². The molecular weight excluding hydrogens is 383 g/mol. The lowest BCUT2D eigenvalue weighted by Gasteiger charge is -2.39. The van der Waals surface area contributed by atoms with Gasteiger partial charge in [0.2, 0.25) is 0 Å². The molecule has 1 atom stereocenters. The molecule has 1 radical (unpaired) electrons. The first kappa shape index (κ1) is 25.9. The molecule has 1 saturated heterocycles. The van der Waals surface area contributed by atoms with Gasteiger partial charge in [-0.25, -0.2) is 5.26 Å². The number of halogens is 2. The molecule has 1 fully saturated rings. The van der Waals surface area contributed by atoms with Crippen LogP contribution in [0, 0.1) is 11.2 Å². The molecule has 5 nitrogen and oxygen atoms in total. The Labute approximate surface area is 174 Å². The van der Waals surface area contributed by atoms with Crippen molar-refractivity contribution in [3.63, 3.8) is 0 Å². The second-order valence-electron chi connectivity index (χ2n) is 7.22. The first-order valence-corrected chi connectivity index (χ1v) is 9.75. The van der Waals surface area contributed by atoms with Gasteiger partial charge in [-0.05, 0) is 52.2 Å². The third-order valence-electron chi connectivity index (χ3n) is 4.86. The Hall–Kier alpha value is -1.06. The Morgan fingerprint density at radius 3 is 2.11 bits per heavy atom. The Bertz CT molecular complexity index is 566. The van der Waals surface area contributed by atoms with Gasteiger partial charge in [-0.1, -0.05) is 54.3 Å². The minimum absolute atomic E-state index is 0.161. The van der Waals surface area contributed by atoms with Crippen molar-refractivity contribution in [1.29, 1.82) is 5.26 Å². The maximum atomic E-state index is 10.3. The fourth-order valence-electron chi connectivity index (χ4n) is 2.30. The molecule has 1 aliphatic heterocycles. The maximum Gasteiger partial charge on any atom is 0.323 e. The van der Waals surface area contributed by atoms with Gasteiger partial charge in [0.25, 0.3) is 6.71 Å². The molecule has 0 amide bonds. The molecule has 0 saturated carbocycles. The highest BCUT2D eigenvalue weighted by Crippen LogP contribution is 2.29. The predicted molar refractivity (Wildman–Crippen MR) is 116 cm³/mol. The number of nitrogens with two attached hydrogens (primary N) is 2. The normalized spacial score (nSPS) is 18.0. The molecule has 9 heteroatoms. The summed E-state index contributed by atoms with van der Waals surface area (Å²) >= 11 is 10.4. The first-order valence-electron chi connectivity index (χ1n) is 9.00. The van der Waals surface area contributed by atoms with E-state index < -0.39 is 11.2 Å². The third-order valence-corrected chi connectivity index (χ3v) is 5.12. The molecule has 0 bridgehead atoms. The van der Waals surface area contributed by atoms with E-state index in [0.717, 1.165) is 25.5 Å². The highest BCUT2D eigenvalue weighted by molar-refractivity contribution is 6.67. The van der Waals surface area contributed by atoms with E-state index in [2.05, 4.69) is 5.97 Å². The first-order chi connectivity index (χ1) is 12.4. The van der Waals surface area contributed by atoms with Crippen LogP contribution in [-0.4, -0.2) is 30.5 Å². The van der Waals surface area contributed by atoms with E-state index >= 15 is 0 Å². The van der Waals surface area contributed by atoms with Gasteiger partial charge in [0.05, 0.1) is 21.5 Å². The molecule has 0 aromatic rings. The standard InChI is InChI=1S/C14H24B2NO2.C4H6Cl2N2/c1-5-14(4,18)13(2,3)19-15-10-12-6-8-16(11-17)9-7-12;5-3(7)1-2-4(6)8/h10,18H,5-9H2,1-4H3;1-2H,7-8H2/b;3-1-,4-2-. The average Bonchev–Trinajstić information content (AvgIpc) is 2.60. The molecule has 5 N–H and O–H groups in total. The summed E-state index contributed by atoms with van der Waals surface area (Å²) in [4.78, 5) is 0. The molecule has 149 valence electrons. The van der Waals surface area contributed by atoms with Crippen LogP contribution < -0.4 is 11.5 Å². The smallest absolute Gasteiger partial charge is 0.323 e. The summed E-state index contributed by atoms with van der Waals surface area (Å²) in [7, 11) is 1.70. The number of allylic oxidation sites excluding steroid dienone is 3. The van der Waals surface area contributed by atoms with Crippen LogP contribution in [0.3, 0.4) is 0 Å². The van der Waals surface area contributed by atoms with Gasteiger partial charge in [0, 0.05) is 5.97 Å². The van der Waals surface area contributed by atoms with Gasteiger partial charge in [0.15, 0.2) is 0 Å². The zero-order valence-corrected chi connectivity index (χ0v) is 18.1. The maximum absolute atomic E-state index is 10.3. The summed E-state index contributed by atoms with van der Waals surface area (Å²) in [6.45, 7) is 7.77. The Kier molecular flexibility index (Phi) is 11.9. The van der Waals surface area contributed by atoms with E-state index in [1.54, 1.807) is 14.4 Å². The van der Waals surface area contributed by atoms with Crippen molar-refractivity contribution < 1.29 is 9.76 Å². The number of nitrogens with zero attached hydrogens (tertiary/aromatic N) is 1. The van der Waals surface area contributed by atoms with Gasteiger partial charge in [0.1, 0.15) is 0 Å². The van der Waals surface area contributed by atoms with E-state index in [4.69, 9.17) is 44.6 Å². The van der Waals surface area contributed by atoms with Crippen molar-refractivity contribution >= 4 is 37.4 Å². The summed E-state index contributed by atoms with van der Waals surface area (Å²) in [5.74, 6) is 4.33. The molecule has 0 aliphatic carbocycles. The highest BCUT2D eigenvalue weighted by Gasteiger charge is 2.38. The zero-order chi connectivity index (χ0) is 21.1. The number of nitriles is 1. The lowest BCUT2D eigenvalue weighted by Crippen LogP contribution is -2.49. The monoisotopic (exact) mass is 412 g/mol. The van der Waals surface area contributed by atoms with Crippen molar-refractivity contribution in [1.82, 2.24) is 0 Å². The van der Waals surface area contributed by atoms with Crippen molar-refractivity contribution in [3.8, 4) is 5.97 Å². The number of hydrogen-bond acceptors (Lipinski definition) is 5. The summed E-state index contributed by atoms with van der Waals surface area (Å²) in [6, 6.07) is 0. The summed E-state index contributed by atoms with van der Waals surface area (Å²) in [5.41, 5.74) is 9.89. The largest absolute Gasteiger partial charge is 0.427 e. The van der Waals surface area contributed by atoms with Gasteiger partial charge in [-0.2, -0.15) is 0 Å². The second kappa shape index (κ2) is 12.4. The van der Waals surface area contributed by atoms with Gasteiger partial charge < -0.3 is 21.2 Å². The van der Waals surface area contributed by atoms with Crippen LogP contribution in [-0.2, 0) is 4.65 Å². The van der Waals surface area contributed by atoms with E-state index in [0.29, 0.717) is 6.42 Å². The van der Waals surface area contributed by atoms with E-state index in [1.807, 2.05) is 26.7 Å². The summed E-state index contributed by atoms with van der Waals surface area (Å²) in [5, 5.41) is 19.4. The lowest BCUT2D eigenvalue weighted by atomic mass is 9.42. The minimum Gasteiger partial charge on any atom is -0.427 e. The van der Waals surface area contributed by atoms with Crippen molar-refractivity contribution in [2.24, 2.45) is 11.5 Å². The van der Waals surface area contributed by atoms with Crippen LogP contribution in [0.1, 0.15) is 47.0 Å². The van der Waals surface area contributed by atoms with E-state index in [-0.39, 0.29) is 17.0 Å². The summed E-state index contributed by atoms with van der Waals surface area (Å²) < 4.78 is 5.72. The predicted octanol–water partition coefficient (Wildman–Crippen LogP) is 3.86. The fourth-order valence-corrected chi connectivity index (χ4v) is 2.42. The molecular formula is C18H30B2Cl2N3O2. The number of hydrogen-bond donors (Lipinski definition) is 3. The topological polar surface area (TPSA) is 105 Å². The molecule has 1 unspecified atom stereocenters. The highest BCUT2D eigenvalue weighted by atomic mass is 35.5. The molecule has 0 aromatic heterocycles. The van der Waals surface area contributed by atoms with Gasteiger partial charge in [-0.3, -0.25) is 0 Å². The SMILES string of the molecule is CCC(C)(O)C(C)(C)O[B]C=C1CCB(C#N)CC1.N/C(Cl)=C\C=C(/N)Cl. The average molecular weight is 413 g/mol. The van der Waals surface area contributed by atoms with Crippen LogP contribution in [0.4, 0.5) is 0 Å². The number of aliphatic hydroxyl groups is 1. The molecule has 1 rings (SSSR count). The fraction of sp³-hybridized carbons (Fsp3) is 0.611. The van der Waals surface area contributed by atoms with E-state index in [9.17, 15) is 5.11 Å². The van der Waals surface area contributed by atoms with Crippen LogP contribution >= 0.6 is 23.2 Å². The number of rotatable bonds is 6. The van der Waals surface area contributed by atoms with Gasteiger partial charge in [-0.15, -0.1) is 0 Å². The molecule has 0 aromatic carbocycles. The van der Waals surface area contributed by atoms with Crippen LogP contribution in [0.2, 0.25) is 12.6 Å².